The second-order valence-electron chi connectivity index (χ2n) is 4.38. The number of rotatable bonds is 7. The van der Waals surface area contributed by atoms with Gasteiger partial charge in [-0.25, -0.2) is 0 Å². The quantitative estimate of drug-likeness (QED) is 0.750. The lowest BCUT2D eigenvalue weighted by Crippen LogP contribution is -2.22. The largest absolute Gasteiger partial charge is 0.492 e. The standard InChI is InChI=1S/C15H15Cl2NO2S/c16-11-5-6-14(13(17)9-11)20-7-1-4-15(19)18-10-12-3-2-8-21-12/h2-3,5-6,8-9H,1,4,7,10H2,(H,18,19). The highest BCUT2D eigenvalue weighted by Gasteiger charge is 2.04. The van der Waals surface area contributed by atoms with Crippen LogP contribution in [-0.4, -0.2) is 12.5 Å². The second kappa shape index (κ2) is 8.27. The van der Waals surface area contributed by atoms with Gasteiger partial charge in [-0.15, -0.1) is 11.3 Å². The minimum atomic E-state index is 0.0224. The number of amides is 1. The van der Waals surface area contributed by atoms with Gasteiger partial charge in [0.2, 0.25) is 5.91 Å². The average Bonchev–Trinajstić information content (AvgIpc) is 2.96. The van der Waals surface area contributed by atoms with Crippen molar-refractivity contribution >= 4 is 40.4 Å². The summed E-state index contributed by atoms with van der Waals surface area (Å²) in [5.41, 5.74) is 0. The van der Waals surface area contributed by atoms with E-state index in [-0.39, 0.29) is 5.91 Å². The Balaban J connectivity index is 1.64. The molecule has 0 saturated heterocycles. The molecule has 112 valence electrons. The highest BCUT2D eigenvalue weighted by Crippen LogP contribution is 2.27. The maximum atomic E-state index is 11.7. The zero-order chi connectivity index (χ0) is 15.1. The van der Waals surface area contributed by atoms with E-state index in [4.69, 9.17) is 27.9 Å². The normalized spacial score (nSPS) is 10.4. The molecule has 0 spiro atoms. The number of nitrogens with one attached hydrogen (secondary N) is 1. The number of halogens is 2. The Morgan fingerprint density at radius 2 is 2.14 bits per heavy atom. The topological polar surface area (TPSA) is 38.3 Å². The first-order valence-electron chi connectivity index (χ1n) is 6.52. The molecule has 0 unspecified atom stereocenters. The molecule has 2 rings (SSSR count). The van der Waals surface area contributed by atoms with Gasteiger partial charge in [0.1, 0.15) is 5.75 Å². The van der Waals surface area contributed by atoms with Gasteiger partial charge in [-0.05, 0) is 36.1 Å². The van der Waals surface area contributed by atoms with Crippen molar-refractivity contribution in [3.8, 4) is 5.75 Å². The fourth-order valence-electron chi connectivity index (χ4n) is 1.69. The number of hydrogen-bond acceptors (Lipinski definition) is 3. The molecule has 1 amide bonds. The monoisotopic (exact) mass is 343 g/mol. The van der Waals surface area contributed by atoms with Gasteiger partial charge in [-0.3, -0.25) is 4.79 Å². The Labute approximate surface area is 137 Å². The number of thiophene rings is 1. The van der Waals surface area contributed by atoms with Gasteiger partial charge in [-0.1, -0.05) is 29.3 Å². The SMILES string of the molecule is O=C(CCCOc1ccc(Cl)cc1Cl)NCc1cccs1. The van der Waals surface area contributed by atoms with E-state index in [0.717, 1.165) is 4.88 Å². The second-order valence-corrected chi connectivity index (χ2v) is 6.26. The molecule has 0 aliphatic rings. The van der Waals surface area contributed by atoms with Crippen LogP contribution in [0.2, 0.25) is 10.0 Å². The molecule has 0 aliphatic heterocycles. The highest BCUT2D eigenvalue weighted by molar-refractivity contribution is 7.09. The van der Waals surface area contributed by atoms with Crippen LogP contribution in [0.4, 0.5) is 0 Å². The number of carbonyl (C=O) groups is 1. The molecule has 2 aromatic rings. The predicted octanol–water partition coefficient (Wildman–Crippen LogP) is 4.53. The molecule has 6 heteroatoms. The lowest BCUT2D eigenvalue weighted by atomic mass is 10.3. The molecule has 0 fully saturated rings. The summed E-state index contributed by atoms with van der Waals surface area (Å²) in [4.78, 5) is 12.8. The summed E-state index contributed by atoms with van der Waals surface area (Å²) >= 11 is 13.4. The summed E-state index contributed by atoms with van der Waals surface area (Å²) in [5, 5.41) is 5.91. The average molecular weight is 344 g/mol. The number of carbonyl (C=O) groups excluding carboxylic acids is 1. The van der Waals surface area contributed by atoms with E-state index in [1.54, 1.807) is 29.5 Å². The van der Waals surface area contributed by atoms with E-state index in [0.29, 0.717) is 41.8 Å². The van der Waals surface area contributed by atoms with E-state index >= 15 is 0 Å². The summed E-state index contributed by atoms with van der Waals surface area (Å²) in [6, 6.07) is 9.04. The molecule has 0 atom stereocenters. The minimum absolute atomic E-state index is 0.0224. The molecule has 0 bridgehead atoms. The van der Waals surface area contributed by atoms with Crippen molar-refractivity contribution in [3.05, 3.63) is 50.6 Å². The predicted molar refractivity (Wildman–Crippen MR) is 87.4 cm³/mol. The molecule has 0 saturated carbocycles. The smallest absolute Gasteiger partial charge is 0.220 e. The molecular weight excluding hydrogens is 329 g/mol. The van der Waals surface area contributed by atoms with Crippen LogP contribution >= 0.6 is 34.5 Å². The van der Waals surface area contributed by atoms with Gasteiger partial charge >= 0.3 is 0 Å². The van der Waals surface area contributed by atoms with Gasteiger partial charge in [0.15, 0.2) is 0 Å². The van der Waals surface area contributed by atoms with Gasteiger partial charge in [0.05, 0.1) is 18.2 Å². The van der Waals surface area contributed by atoms with Crippen LogP contribution in [0.3, 0.4) is 0 Å². The third-order valence-electron chi connectivity index (χ3n) is 2.74. The minimum Gasteiger partial charge on any atom is -0.492 e. The van der Waals surface area contributed by atoms with Crippen LogP contribution in [-0.2, 0) is 11.3 Å². The van der Waals surface area contributed by atoms with Gasteiger partial charge in [0.25, 0.3) is 0 Å². The maximum Gasteiger partial charge on any atom is 0.220 e. The number of hydrogen-bond donors (Lipinski definition) is 1. The van der Waals surface area contributed by atoms with Gasteiger partial charge in [0, 0.05) is 16.3 Å². The van der Waals surface area contributed by atoms with Crippen LogP contribution in [0.15, 0.2) is 35.7 Å². The molecular formula is C15H15Cl2NO2S. The van der Waals surface area contributed by atoms with Crippen molar-refractivity contribution in [3.63, 3.8) is 0 Å². The summed E-state index contributed by atoms with van der Waals surface area (Å²) in [6.07, 6.45) is 1.06. The lowest BCUT2D eigenvalue weighted by molar-refractivity contribution is -0.121. The van der Waals surface area contributed by atoms with Crippen molar-refractivity contribution in [1.29, 1.82) is 0 Å². The molecule has 21 heavy (non-hydrogen) atoms. The van der Waals surface area contributed by atoms with E-state index < -0.39 is 0 Å². The first-order chi connectivity index (χ1) is 10.1. The third-order valence-corrected chi connectivity index (χ3v) is 4.15. The summed E-state index contributed by atoms with van der Waals surface area (Å²) < 4.78 is 5.52. The molecule has 1 aromatic carbocycles. The Bertz CT molecular complexity index is 587. The Morgan fingerprint density at radius 3 is 2.86 bits per heavy atom. The summed E-state index contributed by atoms with van der Waals surface area (Å²) in [6.45, 7) is 1.02. The zero-order valence-electron chi connectivity index (χ0n) is 11.3. The van der Waals surface area contributed by atoms with Crippen molar-refractivity contribution in [2.45, 2.75) is 19.4 Å². The maximum absolute atomic E-state index is 11.7. The molecule has 0 radical (unpaired) electrons. The third kappa shape index (κ3) is 5.58. The zero-order valence-corrected chi connectivity index (χ0v) is 13.6. The Kier molecular flexibility index (Phi) is 6.36. The summed E-state index contributed by atoms with van der Waals surface area (Å²) in [5.74, 6) is 0.606. The van der Waals surface area contributed by atoms with Crippen LogP contribution in [0.5, 0.6) is 5.75 Å². The van der Waals surface area contributed by atoms with E-state index in [2.05, 4.69) is 5.32 Å². The fraction of sp³-hybridized carbons (Fsp3) is 0.267. The van der Waals surface area contributed by atoms with Crippen LogP contribution in [0.25, 0.3) is 0 Å². The molecule has 1 N–H and O–H groups in total. The first-order valence-corrected chi connectivity index (χ1v) is 8.15. The van der Waals surface area contributed by atoms with Crippen molar-refractivity contribution in [2.75, 3.05) is 6.61 Å². The molecule has 1 heterocycles. The van der Waals surface area contributed by atoms with Gasteiger partial charge < -0.3 is 10.1 Å². The molecule has 0 aliphatic carbocycles. The number of ether oxygens (including phenoxy) is 1. The van der Waals surface area contributed by atoms with Crippen molar-refractivity contribution < 1.29 is 9.53 Å². The van der Waals surface area contributed by atoms with Crippen LogP contribution in [0, 0.1) is 0 Å². The van der Waals surface area contributed by atoms with Crippen LogP contribution in [0.1, 0.15) is 17.7 Å². The van der Waals surface area contributed by atoms with Crippen molar-refractivity contribution in [1.82, 2.24) is 5.32 Å². The molecule has 1 aromatic heterocycles. The number of benzene rings is 1. The lowest BCUT2D eigenvalue weighted by Gasteiger charge is -2.08. The molecule has 3 nitrogen and oxygen atoms in total. The van der Waals surface area contributed by atoms with Crippen LogP contribution < -0.4 is 10.1 Å². The Hall–Kier alpha value is -1.23. The fourth-order valence-corrected chi connectivity index (χ4v) is 2.80. The first kappa shape index (κ1) is 16.1. The van der Waals surface area contributed by atoms with E-state index in [1.165, 1.54) is 0 Å². The summed E-state index contributed by atoms with van der Waals surface area (Å²) in [7, 11) is 0. The van der Waals surface area contributed by atoms with E-state index in [1.807, 2.05) is 17.5 Å². The van der Waals surface area contributed by atoms with E-state index in [9.17, 15) is 4.79 Å². The van der Waals surface area contributed by atoms with Crippen molar-refractivity contribution in [2.24, 2.45) is 0 Å². The Morgan fingerprint density at radius 1 is 1.29 bits per heavy atom. The van der Waals surface area contributed by atoms with Gasteiger partial charge in [-0.2, -0.15) is 0 Å². The highest BCUT2D eigenvalue weighted by atomic mass is 35.5.